The number of ether oxygens (including phenoxy) is 3. The molecule has 0 aliphatic heterocycles. The van der Waals surface area contributed by atoms with E-state index >= 15 is 0 Å². The van der Waals surface area contributed by atoms with Gasteiger partial charge in [0.25, 0.3) is 5.91 Å². The van der Waals surface area contributed by atoms with Crippen LogP contribution in [0.2, 0.25) is 0 Å². The van der Waals surface area contributed by atoms with Crippen LogP contribution in [-0.2, 0) is 23.8 Å². The highest BCUT2D eigenvalue weighted by atomic mass is 16.6. The molecular weight excluding hydrogens is 468 g/mol. The van der Waals surface area contributed by atoms with Gasteiger partial charge in [-0.1, -0.05) is 0 Å². The van der Waals surface area contributed by atoms with E-state index in [9.17, 15) is 19.2 Å². The van der Waals surface area contributed by atoms with Gasteiger partial charge in [0.1, 0.15) is 18.2 Å². The van der Waals surface area contributed by atoms with Gasteiger partial charge < -0.3 is 30.2 Å². The number of carbonyl (C=O) groups is 4. The minimum atomic E-state index is -0.682. The Balaban J connectivity index is 2.37. The summed E-state index contributed by atoms with van der Waals surface area (Å²) in [6.45, 7) is 8.74. The van der Waals surface area contributed by atoms with Crippen LogP contribution in [-0.4, -0.2) is 75.5 Å². The van der Waals surface area contributed by atoms with E-state index in [0.29, 0.717) is 56.9 Å². The van der Waals surface area contributed by atoms with Gasteiger partial charge in [0.05, 0.1) is 13.2 Å². The maximum atomic E-state index is 12.4. The van der Waals surface area contributed by atoms with Crippen LogP contribution in [0.5, 0.6) is 0 Å². The third kappa shape index (κ3) is 13.6. The fourth-order valence-electron chi connectivity index (χ4n) is 3.01. The third-order valence-corrected chi connectivity index (χ3v) is 4.70. The van der Waals surface area contributed by atoms with Crippen molar-refractivity contribution in [2.45, 2.75) is 58.6 Å². The van der Waals surface area contributed by atoms with Crippen LogP contribution in [0.25, 0.3) is 0 Å². The van der Waals surface area contributed by atoms with Gasteiger partial charge >= 0.3 is 6.09 Å². The van der Waals surface area contributed by atoms with E-state index in [2.05, 4.69) is 21.3 Å². The summed E-state index contributed by atoms with van der Waals surface area (Å²) in [4.78, 5) is 48.3. The number of carbonyl (C=O) groups excluding carboxylic acids is 4. The van der Waals surface area contributed by atoms with E-state index in [0.717, 1.165) is 0 Å². The van der Waals surface area contributed by atoms with Crippen LogP contribution in [0, 0.1) is 0 Å². The first-order chi connectivity index (χ1) is 17.1. The normalized spacial score (nSPS) is 11.8. The smallest absolute Gasteiger partial charge is 0.412 e. The molecule has 202 valence electrons. The number of hydrogen-bond acceptors (Lipinski definition) is 7. The number of anilines is 1. The highest BCUT2D eigenvalue weighted by molar-refractivity contribution is 5.95. The highest BCUT2D eigenvalue weighted by Gasteiger charge is 2.19. The molecule has 0 aromatic heterocycles. The monoisotopic (exact) mass is 508 g/mol. The lowest BCUT2D eigenvalue weighted by molar-refractivity contribution is -0.131. The van der Waals surface area contributed by atoms with Crippen LogP contribution in [0.3, 0.4) is 0 Å². The summed E-state index contributed by atoms with van der Waals surface area (Å²) in [6, 6.07) is 5.77. The van der Waals surface area contributed by atoms with Crippen LogP contribution in [0.4, 0.5) is 10.5 Å². The largest absolute Gasteiger partial charge is 0.444 e. The third-order valence-electron chi connectivity index (χ3n) is 4.70. The van der Waals surface area contributed by atoms with Crippen LogP contribution in [0.15, 0.2) is 24.3 Å². The summed E-state index contributed by atoms with van der Waals surface area (Å²) in [5, 5.41) is 10.7. The molecule has 1 rings (SSSR count). The van der Waals surface area contributed by atoms with Gasteiger partial charge in [-0.05, 0) is 71.2 Å². The Morgan fingerprint density at radius 2 is 1.64 bits per heavy atom. The summed E-state index contributed by atoms with van der Waals surface area (Å²) >= 11 is 0. The van der Waals surface area contributed by atoms with Crippen LogP contribution in [0.1, 0.15) is 57.3 Å². The number of unbranched alkanes of at least 4 members (excludes halogenated alkanes) is 1. The summed E-state index contributed by atoms with van der Waals surface area (Å²) < 4.78 is 15.6. The molecule has 0 saturated carbocycles. The Hall–Kier alpha value is -3.18. The molecule has 0 saturated heterocycles. The number of rotatable bonds is 15. The molecule has 36 heavy (non-hydrogen) atoms. The molecule has 4 N–H and O–H groups in total. The first kappa shape index (κ1) is 30.9. The molecular formula is C25H40N4O7. The van der Waals surface area contributed by atoms with Crippen molar-refractivity contribution in [3.63, 3.8) is 0 Å². The topological polar surface area (TPSA) is 144 Å². The van der Waals surface area contributed by atoms with Gasteiger partial charge in [-0.15, -0.1) is 0 Å². The molecule has 0 aliphatic rings. The maximum absolute atomic E-state index is 12.4. The lowest BCUT2D eigenvalue weighted by atomic mass is 10.1. The Morgan fingerprint density at radius 3 is 2.25 bits per heavy atom. The van der Waals surface area contributed by atoms with E-state index in [-0.39, 0.29) is 24.3 Å². The van der Waals surface area contributed by atoms with Crippen molar-refractivity contribution in [2.75, 3.05) is 45.3 Å². The zero-order valence-electron chi connectivity index (χ0n) is 21.9. The predicted molar refractivity (Wildman–Crippen MR) is 136 cm³/mol. The minimum absolute atomic E-state index is 0.150. The lowest BCUT2D eigenvalue weighted by Gasteiger charge is -2.19. The lowest BCUT2D eigenvalue weighted by Crippen LogP contribution is -2.47. The van der Waals surface area contributed by atoms with Gasteiger partial charge in [0, 0.05) is 31.5 Å². The Labute approximate surface area is 213 Å². The van der Waals surface area contributed by atoms with Crippen molar-refractivity contribution in [3.8, 4) is 0 Å². The first-order valence-corrected chi connectivity index (χ1v) is 12.1. The van der Waals surface area contributed by atoms with Crippen molar-refractivity contribution >= 4 is 29.5 Å². The van der Waals surface area contributed by atoms with Gasteiger partial charge in [0.15, 0.2) is 0 Å². The predicted octanol–water partition coefficient (Wildman–Crippen LogP) is 2.22. The van der Waals surface area contributed by atoms with Crippen molar-refractivity contribution in [3.05, 3.63) is 29.8 Å². The molecule has 11 nitrogen and oxygen atoms in total. The van der Waals surface area contributed by atoms with Gasteiger partial charge in [-0.25, -0.2) is 4.79 Å². The van der Waals surface area contributed by atoms with E-state index < -0.39 is 17.7 Å². The summed E-state index contributed by atoms with van der Waals surface area (Å²) in [5.74, 6) is -0.918. The second kappa shape index (κ2) is 16.5. The Morgan fingerprint density at radius 1 is 0.972 bits per heavy atom. The Kier molecular flexibility index (Phi) is 14.1. The maximum Gasteiger partial charge on any atom is 0.412 e. The van der Waals surface area contributed by atoms with Crippen LogP contribution < -0.4 is 21.3 Å². The van der Waals surface area contributed by atoms with E-state index in [1.165, 1.54) is 7.05 Å². The zero-order chi connectivity index (χ0) is 27.0. The fraction of sp³-hybridized carbons (Fsp3) is 0.600. The number of amides is 4. The quantitative estimate of drug-likeness (QED) is 0.266. The molecule has 0 bridgehead atoms. The average molecular weight is 509 g/mol. The first-order valence-electron chi connectivity index (χ1n) is 12.1. The second-order valence-corrected chi connectivity index (χ2v) is 8.94. The highest BCUT2D eigenvalue weighted by Crippen LogP contribution is 2.13. The van der Waals surface area contributed by atoms with E-state index in [1.54, 1.807) is 45.0 Å². The molecule has 0 aliphatic carbocycles. The number of hydrogen-bond donors (Lipinski definition) is 4. The molecule has 0 radical (unpaired) electrons. The number of nitrogens with one attached hydrogen (secondary N) is 4. The number of benzene rings is 1. The van der Waals surface area contributed by atoms with Crippen molar-refractivity contribution in [1.29, 1.82) is 0 Å². The SMILES string of the molecule is CCOCCOCC(=O)NC(CCCCNC(=O)c1ccc(NC(=O)OC(C)(C)C)cc1)C(=O)NC. The van der Waals surface area contributed by atoms with E-state index in [4.69, 9.17) is 14.2 Å². The number of likely N-dealkylation sites (N-methyl/N-ethyl adjacent to an activating group) is 1. The molecule has 1 aromatic rings. The molecule has 0 heterocycles. The van der Waals surface area contributed by atoms with Crippen molar-refractivity contribution < 1.29 is 33.4 Å². The molecule has 1 unspecified atom stereocenters. The van der Waals surface area contributed by atoms with Gasteiger partial charge in [-0.2, -0.15) is 0 Å². The fourth-order valence-corrected chi connectivity index (χ4v) is 3.01. The zero-order valence-corrected chi connectivity index (χ0v) is 21.9. The molecule has 1 aromatic carbocycles. The molecule has 0 spiro atoms. The Bertz CT molecular complexity index is 838. The van der Waals surface area contributed by atoms with Crippen molar-refractivity contribution in [2.24, 2.45) is 0 Å². The summed E-state index contributed by atoms with van der Waals surface area (Å²) in [7, 11) is 1.51. The average Bonchev–Trinajstić information content (AvgIpc) is 2.81. The molecule has 1 atom stereocenters. The van der Waals surface area contributed by atoms with Crippen LogP contribution >= 0.6 is 0 Å². The van der Waals surface area contributed by atoms with Gasteiger partial charge in [-0.3, -0.25) is 19.7 Å². The summed E-state index contributed by atoms with van der Waals surface area (Å²) in [5.41, 5.74) is 0.362. The van der Waals surface area contributed by atoms with E-state index in [1.807, 2.05) is 6.92 Å². The molecule has 11 heteroatoms. The van der Waals surface area contributed by atoms with Gasteiger partial charge in [0.2, 0.25) is 11.8 Å². The minimum Gasteiger partial charge on any atom is -0.444 e. The molecule has 4 amide bonds. The van der Waals surface area contributed by atoms with Crippen molar-refractivity contribution in [1.82, 2.24) is 16.0 Å². The summed E-state index contributed by atoms with van der Waals surface area (Å²) in [6.07, 6.45) is 1.09. The standard InChI is InChI=1S/C25H40N4O7/c1-6-34-15-16-35-17-21(30)29-20(23(32)26-5)9-7-8-14-27-22(31)18-10-12-19(13-11-18)28-24(33)36-25(2,3)4/h10-13,20H,6-9,14-17H2,1-5H3,(H,26,32)(H,27,31)(H,28,33)(H,29,30). The molecule has 0 fully saturated rings. The second-order valence-electron chi connectivity index (χ2n) is 8.94.